The van der Waals surface area contributed by atoms with Gasteiger partial charge in [-0.3, -0.25) is 9.59 Å². The van der Waals surface area contributed by atoms with E-state index >= 15 is 0 Å². The minimum Gasteiger partial charge on any atom is -0.507 e. The number of aryl methyl sites for hydroxylation is 1. The highest BCUT2D eigenvalue weighted by molar-refractivity contribution is 6.46. The maximum Gasteiger partial charge on any atom is 0.295 e. The summed E-state index contributed by atoms with van der Waals surface area (Å²) < 4.78 is 20.4. The van der Waals surface area contributed by atoms with Crippen LogP contribution in [0.3, 0.4) is 0 Å². The molecule has 7 nitrogen and oxygen atoms in total. The van der Waals surface area contributed by atoms with Gasteiger partial charge in [0, 0.05) is 31.0 Å². The second kappa shape index (κ2) is 9.05. The number of benzene rings is 2. The fourth-order valence-electron chi connectivity index (χ4n) is 3.85. The predicted octanol–water partition coefficient (Wildman–Crippen LogP) is 3.54. The molecule has 32 heavy (non-hydrogen) atoms. The molecule has 164 valence electrons. The molecule has 1 atom stereocenters. The molecule has 1 saturated heterocycles. The lowest BCUT2D eigenvalue weighted by atomic mass is 9.95. The van der Waals surface area contributed by atoms with E-state index in [1.165, 1.54) is 29.2 Å². The summed E-state index contributed by atoms with van der Waals surface area (Å²) in [5.74, 6) is -1.62. The molecule has 1 fully saturated rings. The van der Waals surface area contributed by atoms with Crippen LogP contribution in [-0.2, 0) is 16.1 Å². The van der Waals surface area contributed by atoms with Gasteiger partial charge in [-0.2, -0.15) is 0 Å². The number of nitrogens with zero attached hydrogens (tertiary/aromatic N) is 3. The average molecular weight is 435 g/mol. The quantitative estimate of drug-likeness (QED) is 0.349. The van der Waals surface area contributed by atoms with E-state index in [9.17, 15) is 19.1 Å². The maximum atomic E-state index is 13.4. The highest BCUT2D eigenvalue weighted by Crippen LogP contribution is 2.39. The van der Waals surface area contributed by atoms with Gasteiger partial charge in [-0.05, 0) is 48.4 Å². The van der Waals surface area contributed by atoms with Crippen LogP contribution in [0, 0.1) is 5.82 Å². The number of aliphatic hydroxyl groups is 1. The molecule has 2 aromatic carbocycles. The summed E-state index contributed by atoms with van der Waals surface area (Å²) in [6, 6.07) is 11.4. The summed E-state index contributed by atoms with van der Waals surface area (Å²) in [5, 5.41) is 10.9. The van der Waals surface area contributed by atoms with Gasteiger partial charge in [0.05, 0.1) is 25.1 Å². The van der Waals surface area contributed by atoms with Crippen molar-refractivity contribution >= 4 is 17.4 Å². The predicted molar refractivity (Wildman–Crippen MR) is 115 cm³/mol. The number of aromatic nitrogens is 2. The zero-order chi connectivity index (χ0) is 22.7. The van der Waals surface area contributed by atoms with E-state index in [0.717, 1.165) is 0 Å². The number of aliphatic hydroxyl groups excluding tert-OH is 1. The second-order valence-electron chi connectivity index (χ2n) is 7.43. The number of ketones is 1. The molecule has 1 amide bonds. The van der Waals surface area contributed by atoms with Gasteiger partial charge in [0.25, 0.3) is 11.7 Å². The number of carbonyl (C=O) groups excluding carboxylic acids is 2. The number of amides is 1. The van der Waals surface area contributed by atoms with Gasteiger partial charge < -0.3 is 19.3 Å². The molecule has 8 heteroatoms. The van der Waals surface area contributed by atoms with Crippen molar-refractivity contribution in [3.63, 3.8) is 0 Å². The number of imidazole rings is 1. The number of carbonyl (C=O) groups is 2. The SMILES string of the molecule is COc1ccc(C2/C(=C(\O)c3ccc(F)cc3)C(=O)C(=O)N2CCCn2ccnc2)cc1. The highest BCUT2D eigenvalue weighted by atomic mass is 19.1. The Morgan fingerprint density at radius 2 is 1.81 bits per heavy atom. The van der Waals surface area contributed by atoms with Crippen LogP contribution in [0.15, 0.2) is 72.8 Å². The van der Waals surface area contributed by atoms with Gasteiger partial charge in [0.2, 0.25) is 0 Å². The number of rotatable bonds is 7. The van der Waals surface area contributed by atoms with Crippen molar-refractivity contribution in [1.29, 1.82) is 0 Å². The van der Waals surface area contributed by atoms with Crippen LogP contribution in [0.4, 0.5) is 4.39 Å². The number of halogens is 1. The number of likely N-dealkylation sites (tertiary alicyclic amines) is 1. The first-order valence-electron chi connectivity index (χ1n) is 10.1. The normalized spacial score (nSPS) is 17.7. The van der Waals surface area contributed by atoms with Crippen LogP contribution in [0.5, 0.6) is 5.75 Å². The average Bonchev–Trinajstić information content (AvgIpc) is 3.41. The largest absolute Gasteiger partial charge is 0.507 e. The number of ether oxygens (including phenoxy) is 1. The van der Waals surface area contributed by atoms with Crippen molar-refractivity contribution < 1.29 is 23.8 Å². The fraction of sp³-hybridized carbons (Fsp3) is 0.208. The van der Waals surface area contributed by atoms with E-state index in [1.54, 1.807) is 43.9 Å². The second-order valence-corrected chi connectivity index (χ2v) is 7.43. The van der Waals surface area contributed by atoms with Crippen molar-refractivity contribution in [2.45, 2.75) is 19.0 Å². The lowest BCUT2D eigenvalue weighted by molar-refractivity contribution is -0.139. The maximum absolute atomic E-state index is 13.4. The minimum atomic E-state index is -0.770. The monoisotopic (exact) mass is 435 g/mol. The zero-order valence-electron chi connectivity index (χ0n) is 17.4. The smallest absolute Gasteiger partial charge is 0.295 e. The van der Waals surface area contributed by atoms with Gasteiger partial charge in [0.15, 0.2) is 0 Å². The summed E-state index contributed by atoms with van der Waals surface area (Å²) in [6.45, 7) is 0.927. The first-order valence-corrected chi connectivity index (χ1v) is 10.1. The lowest BCUT2D eigenvalue weighted by Crippen LogP contribution is -2.31. The van der Waals surface area contributed by atoms with Gasteiger partial charge >= 0.3 is 0 Å². The molecule has 1 aliphatic heterocycles. The van der Waals surface area contributed by atoms with E-state index in [2.05, 4.69) is 4.98 Å². The third-order valence-corrected chi connectivity index (χ3v) is 5.46. The Morgan fingerprint density at radius 3 is 2.44 bits per heavy atom. The molecule has 0 saturated carbocycles. The van der Waals surface area contributed by atoms with Crippen molar-refractivity contribution in [2.75, 3.05) is 13.7 Å². The first-order chi connectivity index (χ1) is 15.5. The van der Waals surface area contributed by atoms with E-state index in [1.807, 2.05) is 10.8 Å². The Balaban J connectivity index is 1.72. The molecule has 0 bridgehead atoms. The molecule has 1 N–H and O–H groups in total. The number of methoxy groups -OCH3 is 1. The molecule has 0 radical (unpaired) electrons. The molecule has 4 rings (SSSR count). The van der Waals surface area contributed by atoms with E-state index in [-0.39, 0.29) is 16.9 Å². The van der Waals surface area contributed by atoms with Crippen LogP contribution in [0.1, 0.15) is 23.6 Å². The number of hydrogen-bond acceptors (Lipinski definition) is 5. The lowest BCUT2D eigenvalue weighted by Gasteiger charge is -2.25. The van der Waals surface area contributed by atoms with Crippen LogP contribution >= 0.6 is 0 Å². The van der Waals surface area contributed by atoms with Gasteiger partial charge in [-0.1, -0.05) is 12.1 Å². The Bertz CT molecular complexity index is 1140. The van der Waals surface area contributed by atoms with Crippen LogP contribution in [0.2, 0.25) is 0 Å². The zero-order valence-corrected chi connectivity index (χ0v) is 17.4. The highest BCUT2D eigenvalue weighted by Gasteiger charge is 2.45. The molecule has 1 aromatic heterocycles. The summed E-state index contributed by atoms with van der Waals surface area (Å²) in [7, 11) is 1.55. The van der Waals surface area contributed by atoms with Crippen molar-refractivity contribution in [3.05, 3.63) is 89.8 Å². The molecule has 1 aliphatic rings. The Labute approximate surface area is 184 Å². The first kappa shape index (κ1) is 21.3. The molecule has 2 heterocycles. The van der Waals surface area contributed by atoms with Gasteiger partial charge in [0.1, 0.15) is 17.3 Å². The molecule has 1 unspecified atom stereocenters. The van der Waals surface area contributed by atoms with Gasteiger partial charge in [-0.25, -0.2) is 9.37 Å². The van der Waals surface area contributed by atoms with Crippen molar-refractivity contribution in [1.82, 2.24) is 14.5 Å². The fourth-order valence-corrected chi connectivity index (χ4v) is 3.85. The minimum absolute atomic E-state index is 0.0191. The summed E-state index contributed by atoms with van der Waals surface area (Å²) in [5.41, 5.74) is 0.909. The van der Waals surface area contributed by atoms with Crippen LogP contribution in [0.25, 0.3) is 5.76 Å². The Hall–Kier alpha value is -3.94. The summed E-state index contributed by atoms with van der Waals surface area (Å²) in [4.78, 5) is 31.4. The summed E-state index contributed by atoms with van der Waals surface area (Å²) >= 11 is 0. The van der Waals surface area contributed by atoms with Crippen molar-refractivity contribution in [2.24, 2.45) is 0 Å². The molecule has 3 aromatic rings. The molecular weight excluding hydrogens is 413 g/mol. The van der Waals surface area contributed by atoms with Crippen LogP contribution < -0.4 is 4.74 Å². The third-order valence-electron chi connectivity index (χ3n) is 5.46. The van der Waals surface area contributed by atoms with E-state index in [4.69, 9.17) is 4.74 Å². The number of Topliss-reactive ketones (excluding diaryl/α,β-unsaturated/α-hetero) is 1. The Morgan fingerprint density at radius 1 is 1.09 bits per heavy atom. The standard InChI is InChI=1S/C24H22FN3O4/c1-32-19-9-5-16(6-10-19)21-20(22(29)17-3-7-18(25)8-4-17)23(30)24(31)28(21)13-2-12-27-14-11-26-15-27/h3-11,14-15,21,29H,2,12-13H2,1H3/b22-20+. The van der Waals surface area contributed by atoms with Crippen LogP contribution in [-0.4, -0.2) is 44.9 Å². The number of hydrogen-bond donors (Lipinski definition) is 1. The molecule has 0 aliphatic carbocycles. The summed E-state index contributed by atoms with van der Waals surface area (Å²) in [6.07, 6.45) is 5.77. The van der Waals surface area contributed by atoms with E-state index in [0.29, 0.717) is 30.8 Å². The Kier molecular flexibility index (Phi) is 6.02. The third kappa shape index (κ3) is 4.12. The van der Waals surface area contributed by atoms with Crippen molar-refractivity contribution in [3.8, 4) is 5.75 Å². The van der Waals surface area contributed by atoms with E-state index < -0.39 is 23.5 Å². The van der Waals surface area contributed by atoms with Gasteiger partial charge in [-0.15, -0.1) is 0 Å². The topological polar surface area (TPSA) is 84.7 Å². The molecule has 0 spiro atoms. The molecular formula is C24H22FN3O4.